The molecule has 0 amide bonds. The van der Waals surface area contributed by atoms with E-state index in [0.29, 0.717) is 34.2 Å². The molecule has 0 heterocycles. The molecular weight excluding hydrogens is 496 g/mol. The van der Waals surface area contributed by atoms with Gasteiger partial charge in [0.2, 0.25) is 0 Å². The van der Waals surface area contributed by atoms with Gasteiger partial charge in [-0.3, -0.25) is 14.4 Å². The van der Waals surface area contributed by atoms with Crippen LogP contribution in [0.2, 0.25) is 0 Å². The first kappa shape index (κ1) is 27.4. The number of hydrogen-bond acceptors (Lipinski definition) is 4. The number of rotatable bonds is 6. The van der Waals surface area contributed by atoms with Crippen molar-refractivity contribution >= 4 is 17.5 Å². The minimum absolute atomic E-state index is 0.00323. The second-order valence-corrected chi connectivity index (χ2v) is 13.9. The first-order chi connectivity index (χ1) is 19.2. The van der Waals surface area contributed by atoms with Crippen molar-refractivity contribution < 1.29 is 19.1 Å². The fourth-order valence-electron chi connectivity index (χ4n) is 9.92. The molecular formula is C36H44O4. The number of fused-ring (bicyclic) bond motifs is 5. The first-order valence-electron chi connectivity index (χ1n) is 15.6. The van der Waals surface area contributed by atoms with Crippen LogP contribution in [0.3, 0.4) is 0 Å². The Morgan fingerprint density at radius 2 is 1.45 bits per heavy atom. The number of benzene rings is 2. The van der Waals surface area contributed by atoms with E-state index in [-0.39, 0.29) is 35.6 Å². The standard InChI is InChI=1S/C36H44O4/c1-23(37)30-15-16-31-29-14-13-27-22-28(17-19-35(27,2)32(29)18-20-36(30,31)3)40-33(38)21-24-9-11-26(12-10-24)34(39)25-7-5-4-6-8-25/h4-12,27-32H,13-22H2,1-3H3/t27-,28+,29-,30+,31-,32-,35-,36+/m0/s1. The number of ether oxygens (including phenoxy) is 1. The van der Waals surface area contributed by atoms with E-state index in [1.165, 1.54) is 32.1 Å². The topological polar surface area (TPSA) is 60.4 Å². The van der Waals surface area contributed by atoms with Gasteiger partial charge >= 0.3 is 5.97 Å². The van der Waals surface area contributed by atoms with E-state index in [4.69, 9.17) is 4.74 Å². The molecule has 4 fully saturated rings. The van der Waals surface area contributed by atoms with Crippen LogP contribution < -0.4 is 0 Å². The summed E-state index contributed by atoms with van der Waals surface area (Å²) < 4.78 is 6.05. The van der Waals surface area contributed by atoms with Gasteiger partial charge in [0.1, 0.15) is 11.9 Å². The highest BCUT2D eigenvalue weighted by molar-refractivity contribution is 6.08. The third-order valence-corrected chi connectivity index (χ3v) is 12.0. The number of ketones is 2. The van der Waals surface area contributed by atoms with Gasteiger partial charge in [0, 0.05) is 17.0 Å². The monoisotopic (exact) mass is 540 g/mol. The van der Waals surface area contributed by atoms with E-state index in [1.807, 2.05) is 49.4 Å². The van der Waals surface area contributed by atoms with Crippen LogP contribution in [-0.2, 0) is 20.7 Å². The van der Waals surface area contributed by atoms with Gasteiger partial charge in [-0.1, -0.05) is 68.4 Å². The molecule has 6 rings (SSSR count). The largest absolute Gasteiger partial charge is 0.462 e. The fourth-order valence-corrected chi connectivity index (χ4v) is 9.92. The molecule has 4 saturated carbocycles. The van der Waals surface area contributed by atoms with Gasteiger partial charge in [-0.05, 0) is 105 Å². The number of hydrogen-bond donors (Lipinski definition) is 0. The summed E-state index contributed by atoms with van der Waals surface area (Å²) in [6.07, 6.45) is 10.6. The summed E-state index contributed by atoms with van der Waals surface area (Å²) in [6.45, 7) is 6.77. The number of carbonyl (C=O) groups is 3. The Morgan fingerprint density at radius 3 is 2.17 bits per heavy atom. The number of Topliss-reactive ketones (excluding diaryl/α,β-unsaturated/α-hetero) is 1. The lowest BCUT2D eigenvalue weighted by atomic mass is 9.44. The molecule has 0 N–H and O–H groups in total. The lowest BCUT2D eigenvalue weighted by molar-refractivity contribution is -0.162. The van der Waals surface area contributed by atoms with Crippen molar-refractivity contribution in [2.75, 3.05) is 0 Å². The quantitative estimate of drug-likeness (QED) is 0.279. The van der Waals surface area contributed by atoms with Crippen LogP contribution in [0.15, 0.2) is 54.6 Å². The Morgan fingerprint density at radius 1 is 0.775 bits per heavy atom. The summed E-state index contributed by atoms with van der Waals surface area (Å²) in [7, 11) is 0. The van der Waals surface area contributed by atoms with Crippen molar-refractivity contribution in [3.63, 3.8) is 0 Å². The Bertz CT molecular complexity index is 1270. The van der Waals surface area contributed by atoms with Crippen molar-refractivity contribution in [3.05, 3.63) is 71.3 Å². The molecule has 4 aliphatic rings. The lowest BCUT2D eigenvalue weighted by Crippen LogP contribution is -2.54. The summed E-state index contributed by atoms with van der Waals surface area (Å²) in [4.78, 5) is 38.0. The smallest absolute Gasteiger partial charge is 0.310 e. The normalized spacial score (nSPS) is 36.6. The molecule has 4 aliphatic carbocycles. The zero-order valence-electron chi connectivity index (χ0n) is 24.4. The van der Waals surface area contributed by atoms with E-state index < -0.39 is 0 Å². The van der Waals surface area contributed by atoms with Crippen molar-refractivity contribution in [2.24, 2.45) is 40.4 Å². The Hall–Kier alpha value is -2.75. The third kappa shape index (κ3) is 4.76. The van der Waals surface area contributed by atoms with Gasteiger partial charge in [0.25, 0.3) is 0 Å². The molecule has 0 unspecified atom stereocenters. The van der Waals surface area contributed by atoms with Crippen LogP contribution >= 0.6 is 0 Å². The average molecular weight is 541 g/mol. The second kappa shape index (κ2) is 10.6. The molecule has 4 nitrogen and oxygen atoms in total. The minimum atomic E-state index is -0.168. The van der Waals surface area contributed by atoms with Crippen molar-refractivity contribution in [2.45, 2.75) is 91.1 Å². The molecule has 0 radical (unpaired) electrons. The van der Waals surface area contributed by atoms with Gasteiger partial charge in [-0.15, -0.1) is 0 Å². The van der Waals surface area contributed by atoms with Gasteiger partial charge in [0.05, 0.1) is 6.42 Å². The van der Waals surface area contributed by atoms with Gasteiger partial charge < -0.3 is 4.74 Å². The maximum Gasteiger partial charge on any atom is 0.310 e. The van der Waals surface area contributed by atoms with Crippen molar-refractivity contribution in [1.29, 1.82) is 0 Å². The number of carbonyl (C=O) groups excluding carboxylic acids is 3. The maximum absolute atomic E-state index is 12.9. The molecule has 0 saturated heterocycles. The van der Waals surface area contributed by atoms with Gasteiger partial charge in [-0.25, -0.2) is 0 Å². The molecule has 0 spiro atoms. The SMILES string of the molecule is CC(=O)[C@H]1CC[C@H]2[C@@H]3CC[C@H]4C[C@H](OC(=O)Cc5ccc(C(=O)c6ccccc6)cc5)CC[C@]4(C)[C@H]3CC[C@]12C. The van der Waals surface area contributed by atoms with Crippen LogP contribution in [0, 0.1) is 40.4 Å². The van der Waals surface area contributed by atoms with E-state index in [0.717, 1.165) is 43.1 Å². The summed E-state index contributed by atoms with van der Waals surface area (Å²) in [6, 6.07) is 16.6. The maximum atomic E-state index is 12.9. The molecule has 2 aromatic rings. The predicted molar refractivity (Wildman–Crippen MR) is 156 cm³/mol. The van der Waals surface area contributed by atoms with Crippen molar-refractivity contribution in [1.82, 2.24) is 0 Å². The Balaban J connectivity index is 1.05. The summed E-state index contributed by atoms with van der Waals surface area (Å²) in [5.41, 5.74) is 2.70. The molecule has 2 aromatic carbocycles. The van der Waals surface area contributed by atoms with Gasteiger partial charge in [-0.2, -0.15) is 0 Å². The van der Waals surface area contributed by atoms with Gasteiger partial charge in [0.15, 0.2) is 5.78 Å². The van der Waals surface area contributed by atoms with E-state index in [2.05, 4.69) is 13.8 Å². The molecule has 4 heteroatoms. The third-order valence-electron chi connectivity index (χ3n) is 12.0. The Kier molecular flexibility index (Phi) is 7.25. The molecule has 0 aliphatic heterocycles. The Labute approximate surface area is 239 Å². The highest BCUT2D eigenvalue weighted by Crippen LogP contribution is 2.67. The van der Waals surface area contributed by atoms with Crippen molar-refractivity contribution in [3.8, 4) is 0 Å². The van der Waals surface area contributed by atoms with E-state index >= 15 is 0 Å². The molecule has 0 bridgehead atoms. The molecule has 8 atom stereocenters. The van der Waals surface area contributed by atoms with Crippen LogP contribution in [0.25, 0.3) is 0 Å². The zero-order chi connectivity index (χ0) is 28.1. The van der Waals surface area contributed by atoms with E-state index in [9.17, 15) is 14.4 Å². The number of esters is 1. The fraction of sp³-hybridized carbons (Fsp3) is 0.583. The molecule has 40 heavy (non-hydrogen) atoms. The summed E-state index contributed by atoms with van der Waals surface area (Å²) in [5, 5.41) is 0. The average Bonchev–Trinajstić information content (AvgIpc) is 3.31. The minimum Gasteiger partial charge on any atom is -0.462 e. The van der Waals surface area contributed by atoms with Crippen LogP contribution in [-0.4, -0.2) is 23.6 Å². The predicted octanol–water partition coefficient (Wildman–Crippen LogP) is 7.62. The summed E-state index contributed by atoms with van der Waals surface area (Å²) in [5.74, 6) is 3.29. The highest BCUT2D eigenvalue weighted by Gasteiger charge is 2.60. The van der Waals surface area contributed by atoms with E-state index in [1.54, 1.807) is 12.1 Å². The molecule has 0 aromatic heterocycles. The summed E-state index contributed by atoms with van der Waals surface area (Å²) >= 11 is 0. The lowest BCUT2D eigenvalue weighted by Gasteiger charge is -2.61. The van der Waals surface area contributed by atoms with Crippen LogP contribution in [0.1, 0.15) is 100 Å². The first-order valence-corrected chi connectivity index (χ1v) is 15.6. The second-order valence-electron chi connectivity index (χ2n) is 13.9. The van der Waals surface area contributed by atoms with Crippen LogP contribution in [0.4, 0.5) is 0 Å². The molecule has 212 valence electrons. The highest BCUT2D eigenvalue weighted by atomic mass is 16.5. The zero-order valence-corrected chi connectivity index (χ0v) is 24.4. The van der Waals surface area contributed by atoms with Crippen LogP contribution in [0.5, 0.6) is 0 Å².